The molecule has 3 heteroatoms. The third kappa shape index (κ3) is 3.47. The number of nitriles is 1. The van der Waals surface area contributed by atoms with Crippen LogP contribution < -0.4 is 5.32 Å². The second-order valence-corrected chi connectivity index (χ2v) is 5.92. The van der Waals surface area contributed by atoms with Gasteiger partial charge in [0.1, 0.15) is 11.9 Å². The Bertz CT molecular complexity index is 480. The van der Waals surface area contributed by atoms with Gasteiger partial charge in [0.25, 0.3) is 0 Å². The van der Waals surface area contributed by atoms with Gasteiger partial charge in [-0.3, -0.25) is 0 Å². The highest BCUT2D eigenvalue weighted by Gasteiger charge is 2.18. The molecule has 1 aromatic heterocycles. The lowest BCUT2D eigenvalue weighted by Crippen LogP contribution is -2.21. The largest absolute Gasteiger partial charge is 0.369 e. The SMILES string of the molecule is Cc1cc(C)c(C#N)c(NCC2CCC(C)CC2)n1. The van der Waals surface area contributed by atoms with Crippen LogP contribution in [0.3, 0.4) is 0 Å². The average Bonchev–Trinajstić information content (AvgIpc) is 2.37. The molecule has 0 atom stereocenters. The van der Waals surface area contributed by atoms with E-state index in [9.17, 15) is 5.26 Å². The van der Waals surface area contributed by atoms with Crippen LogP contribution in [0.4, 0.5) is 5.82 Å². The fourth-order valence-electron chi connectivity index (χ4n) is 2.88. The van der Waals surface area contributed by atoms with Gasteiger partial charge in [-0.15, -0.1) is 0 Å². The highest BCUT2D eigenvalue weighted by Crippen LogP contribution is 2.28. The molecule has 1 heterocycles. The first kappa shape index (κ1) is 13.9. The number of aromatic nitrogens is 1. The van der Waals surface area contributed by atoms with Gasteiger partial charge >= 0.3 is 0 Å². The Morgan fingerprint density at radius 2 is 2.00 bits per heavy atom. The van der Waals surface area contributed by atoms with Gasteiger partial charge < -0.3 is 5.32 Å². The van der Waals surface area contributed by atoms with E-state index in [1.165, 1.54) is 25.7 Å². The first-order valence-corrected chi connectivity index (χ1v) is 7.22. The topological polar surface area (TPSA) is 48.7 Å². The summed E-state index contributed by atoms with van der Waals surface area (Å²) < 4.78 is 0. The third-order valence-electron chi connectivity index (χ3n) is 4.15. The number of anilines is 1. The zero-order valence-electron chi connectivity index (χ0n) is 12.2. The number of hydrogen-bond acceptors (Lipinski definition) is 3. The molecule has 1 N–H and O–H groups in total. The van der Waals surface area contributed by atoms with Crippen molar-refractivity contribution in [1.29, 1.82) is 5.26 Å². The van der Waals surface area contributed by atoms with Crippen LogP contribution in [0.5, 0.6) is 0 Å². The molecule has 102 valence electrons. The predicted molar refractivity (Wildman–Crippen MR) is 78.0 cm³/mol. The van der Waals surface area contributed by atoms with Gasteiger partial charge in [-0.25, -0.2) is 4.98 Å². The van der Waals surface area contributed by atoms with Crippen LogP contribution in [0.15, 0.2) is 6.07 Å². The summed E-state index contributed by atoms with van der Waals surface area (Å²) in [4.78, 5) is 4.47. The van der Waals surface area contributed by atoms with E-state index in [1.54, 1.807) is 0 Å². The van der Waals surface area contributed by atoms with E-state index in [4.69, 9.17) is 0 Å². The zero-order valence-corrected chi connectivity index (χ0v) is 12.2. The summed E-state index contributed by atoms with van der Waals surface area (Å²) in [5.41, 5.74) is 2.67. The van der Waals surface area contributed by atoms with E-state index < -0.39 is 0 Å². The minimum absolute atomic E-state index is 0.690. The van der Waals surface area contributed by atoms with Crippen molar-refractivity contribution in [3.05, 3.63) is 22.9 Å². The molecule has 2 rings (SSSR count). The molecule has 0 amide bonds. The fraction of sp³-hybridized carbons (Fsp3) is 0.625. The molecule has 0 saturated heterocycles. The fourth-order valence-corrected chi connectivity index (χ4v) is 2.88. The molecule has 0 unspecified atom stereocenters. The first-order valence-electron chi connectivity index (χ1n) is 7.22. The normalized spacial score (nSPS) is 22.8. The summed E-state index contributed by atoms with van der Waals surface area (Å²) in [7, 11) is 0. The molecule has 1 saturated carbocycles. The summed E-state index contributed by atoms with van der Waals surface area (Å²) in [6.45, 7) is 7.22. The van der Waals surface area contributed by atoms with E-state index >= 15 is 0 Å². The third-order valence-corrected chi connectivity index (χ3v) is 4.15. The number of rotatable bonds is 3. The molecule has 0 spiro atoms. The van der Waals surface area contributed by atoms with Crippen molar-refractivity contribution < 1.29 is 0 Å². The minimum Gasteiger partial charge on any atom is -0.369 e. The maximum Gasteiger partial charge on any atom is 0.144 e. The Balaban J connectivity index is 2.01. The van der Waals surface area contributed by atoms with Crippen LogP contribution in [0.25, 0.3) is 0 Å². The molecule has 19 heavy (non-hydrogen) atoms. The Hall–Kier alpha value is -1.56. The van der Waals surface area contributed by atoms with E-state index in [0.717, 1.165) is 35.5 Å². The molecular weight excluding hydrogens is 234 g/mol. The number of nitrogens with one attached hydrogen (secondary N) is 1. The van der Waals surface area contributed by atoms with Crippen molar-refractivity contribution in [1.82, 2.24) is 4.98 Å². The summed E-state index contributed by atoms with van der Waals surface area (Å²) >= 11 is 0. The first-order chi connectivity index (χ1) is 9.10. The summed E-state index contributed by atoms with van der Waals surface area (Å²) in [5.74, 6) is 2.37. The Morgan fingerprint density at radius 1 is 1.32 bits per heavy atom. The Kier molecular flexibility index (Phi) is 4.42. The van der Waals surface area contributed by atoms with Crippen LogP contribution in [-0.2, 0) is 0 Å². The zero-order chi connectivity index (χ0) is 13.8. The molecule has 1 aromatic rings. The molecule has 1 fully saturated rings. The van der Waals surface area contributed by atoms with Crippen molar-refractivity contribution >= 4 is 5.82 Å². The van der Waals surface area contributed by atoms with E-state index in [0.29, 0.717) is 5.56 Å². The second kappa shape index (κ2) is 6.06. The monoisotopic (exact) mass is 257 g/mol. The number of hydrogen-bond donors (Lipinski definition) is 1. The van der Waals surface area contributed by atoms with Crippen molar-refractivity contribution in [2.75, 3.05) is 11.9 Å². The lowest BCUT2D eigenvalue weighted by atomic mass is 9.83. The summed E-state index contributed by atoms with van der Waals surface area (Å²) in [6.07, 6.45) is 5.25. The van der Waals surface area contributed by atoms with Crippen LogP contribution in [-0.4, -0.2) is 11.5 Å². The van der Waals surface area contributed by atoms with Crippen molar-refractivity contribution in [3.63, 3.8) is 0 Å². The van der Waals surface area contributed by atoms with Gasteiger partial charge in [0.05, 0.1) is 5.56 Å². The van der Waals surface area contributed by atoms with E-state index in [1.807, 2.05) is 19.9 Å². The smallest absolute Gasteiger partial charge is 0.144 e. The molecule has 3 nitrogen and oxygen atoms in total. The van der Waals surface area contributed by atoms with Crippen molar-refractivity contribution in [3.8, 4) is 6.07 Å². The van der Waals surface area contributed by atoms with Crippen molar-refractivity contribution in [2.45, 2.75) is 46.5 Å². The highest BCUT2D eigenvalue weighted by molar-refractivity contribution is 5.56. The molecule has 0 radical (unpaired) electrons. The predicted octanol–water partition coefficient (Wildman–Crippen LogP) is 3.81. The Morgan fingerprint density at radius 3 is 2.63 bits per heavy atom. The van der Waals surface area contributed by atoms with Gasteiger partial charge in [0, 0.05) is 12.2 Å². The van der Waals surface area contributed by atoms with Crippen LogP contribution in [0.1, 0.15) is 49.4 Å². The number of nitrogens with zero attached hydrogens (tertiary/aromatic N) is 2. The lowest BCUT2D eigenvalue weighted by molar-refractivity contribution is 0.300. The molecular formula is C16H23N3. The van der Waals surface area contributed by atoms with Gasteiger partial charge in [-0.05, 0) is 50.2 Å². The second-order valence-electron chi connectivity index (χ2n) is 5.92. The maximum atomic E-state index is 9.23. The molecule has 1 aliphatic carbocycles. The average molecular weight is 257 g/mol. The van der Waals surface area contributed by atoms with Gasteiger partial charge in [-0.1, -0.05) is 19.8 Å². The van der Waals surface area contributed by atoms with Gasteiger partial charge in [-0.2, -0.15) is 5.26 Å². The van der Waals surface area contributed by atoms with E-state index in [-0.39, 0.29) is 0 Å². The molecule has 0 aliphatic heterocycles. The van der Waals surface area contributed by atoms with Gasteiger partial charge in [0.2, 0.25) is 0 Å². The van der Waals surface area contributed by atoms with Crippen LogP contribution in [0, 0.1) is 37.0 Å². The van der Waals surface area contributed by atoms with Gasteiger partial charge in [0.15, 0.2) is 0 Å². The molecule has 1 aliphatic rings. The summed E-state index contributed by atoms with van der Waals surface area (Å²) in [6, 6.07) is 4.23. The maximum absolute atomic E-state index is 9.23. The standard InChI is InChI=1S/C16H23N3/c1-11-4-6-14(7-5-11)10-18-16-15(9-17)12(2)8-13(3)19-16/h8,11,14H,4-7,10H2,1-3H3,(H,18,19). The van der Waals surface area contributed by atoms with Crippen LogP contribution >= 0.6 is 0 Å². The lowest BCUT2D eigenvalue weighted by Gasteiger charge is -2.26. The van der Waals surface area contributed by atoms with Crippen molar-refractivity contribution in [2.24, 2.45) is 11.8 Å². The number of pyridine rings is 1. The van der Waals surface area contributed by atoms with Crippen LogP contribution in [0.2, 0.25) is 0 Å². The highest BCUT2D eigenvalue weighted by atomic mass is 15.0. The molecule has 0 aromatic carbocycles. The number of aryl methyl sites for hydroxylation is 2. The summed E-state index contributed by atoms with van der Waals surface area (Å²) in [5, 5.41) is 12.6. The quantitative estimate of drug-likeness (QED) is 0.895. The minimum atomic E-state index is 0.690. The van der Waals surface area contributed by atoms with E-state index in [2.05, 4.69) is 23.3 Å². The molecule has 0 bridgehead atoms. The Labute approximate surface area is 116 Å².